The molecule has 20 heavy (non-hydrogen) atoms. The molecule has 0 fully saturated rings. The molecule has 0 aliphatic rings. The fourth-order valence-electron chi connectivity index (χ4n) is 1.93. The van der Waals surface area contributed by atoms with E-state index in [1.165, 1.54) is 0 Å². The van der Waals surface area contributed by atoms with Gasteiger partial charge in [-0.15, -0.1) is 0 Å². The lowest BCUT2D eigenvalue weighted by Crippen LogP contribution is -2.38. The van der Waals surface area contributed by atoms with E-state index in [0.717, 1.165) is 10.8 Å². The monoisotopic (exact) mass is 274 g/mol. The lowest BCUT2D eigenvalue weighted by molar-refractivity contribution is 0.0691. The van der Waals surface area contributed by atoms with Gasteiger partial charge in [0.2, 0.25) is 0 Å². The number of aliphatic hydroxyl groups is 1. The van der Waals surface area contributed by atoms with Gasteiger partial charge >= 0.3 is 5.97 Å². The lowest BCUT2D eigenvalue weighted by atomic mass is 9.99. The molecule has 5 heteroatoms. The van der Waals surface area contributed by atoms with Crippen molar-refractivity contribution in [3.63, 3.8) is 0 Å². The van der Waals surface area contributed by atoms with E-state index in [1.54, 1.807) is 6.07 Å². The van der Waals surface area contributed by atoms with Crippen LogP contribution in [0.2, 0.25) is 0 Å². The molecule has 2 aromatic rings. The Morgan fingerprint density at radius 3 is 2.70 bits per heavy atom. The zero-order chi connectivity index (χ0) is 14.8. The van der Waals surface area contributed by atoms with Crippen molar-refractivity contribution in [2.75, 3.05) is 11.9 Å². The minimum Gasteiger partial charge on any atom is -0.477 e. The SMILES string of the molecule is CCC(C)(CO)Nc1nc(C(=O)O)cc2ccccc12. The molecule has 5 nitrogen and oxygen atoms in total. The van der Waals surface area contributed by atoms with Crippen molar-refractivity contribution in [1.82, 2.24) is 4.98 Å². The van der Waals surface area contributed by atoms with Crippen LogP contribution in [0.3, 0.4) is 0 Å². The third-order valence-corrected chi connectivity index (χ3v) is 3.51. The molecule has 0 saturated carbocycles. The molecule has 0 spiro atoms. The van der Waals surface area contributed by atoms with E-state index in [1.807, 2.05) is 38.1 Å². The molecule has 1 aromatic heterocycles. The second kappa shape index (κ2) is 5.46. The van der Waals surface area contributed by atoms with Gasteiger partial charge in [0.15, 0.2) is 5.69 Å². The van der Waals surface area contributed by atoms with Crippen molar-refractivity contribution in [3.8, 4) is 0 Å². The molecular weight excluding hydrogens is 256 g/mol. The summed E-state index contributed by atoms with van der Waals surface area (Å²) in [6.45, 7) is 3.76. The van der Waals surface area contributed by atoms with Crippen LogP contribution < -0.4 is 5.32 Å². The Balaban J connectivity index is 2.58. The first-order valence-electron chi connectivity index (χ1n) is 6.51. The maximum Gasteiger partial charge on any atom is 0.354 e. The highest BCUT2D eigenvalue weighted by atomic mass is 16.4. The fourth-order valence-corrected chi connectivity index (χ4v) is 1.93. The van der Waals surface area contributed by atoms with E-state index in [4.69, 9.17) is 5.11 Å². The number of nitrogens with zero attached hydrogens (tertiary/aromatic N) is 1. The first-order valence-corrected chi connectivity index (χ1v) is 6.51. The van der Waals surface area contributed by atoms with Crippen molar-refractivity contribution in [1.29, 1.82) is 0 Å². The van der Waals surface area contributed by atoms with Crippen molar-refractivity contribution < 1.29 is 15.0 Å². The predicted molar refractivity (Wildman–Crippen MR) is 78.1 cm³/mol. The minimum atomic E-state index is -1.07. The molecule has 0 bridgehead atoms. The van der Waals surface area contributed by atoms with Gasteiger partial charge in [-0.2, -0.15) is 0 Å². The number of hydrogen-bond acceptors (Lipinski definition) is 4. The average Bonchev–Trinajstić information content (AvgIpc) is 2.46. The summed E-state index contributed by atoms with van der Waals surface area (Å²) in [5, 5.41) is 23.4. The molecule has 1 heterocycles. The molecule has 0 radical (unpaired) electrons. The Hall–Kier alpha value is -2.14. The highest BCUT2D eigenvalue weighted by molar-refractivity contribution is 5.97. The van der Waals surface area contributed by atoms with Crippen LogP contribution in [0.15, 0.2) is 30.3 Å². The van der Waals surface area contributed by atoms with Crippen LogP contribution in [-0.2, 0) is 0 Å². The number of anilines is 1. The van der Waals surface area contributed by atoms with Gasteiger partial charge in [0, 0.05) is 5.39 Å². The van der Waals surface area contributed by atoms with Gasteiger partial charge in [0.1, 0.15) is 5.82 Å². The molecule has 0 aliphatic heterocycles. The number of aromatic carboxylic acids is 1. The van der Waals surface area contributed by atoms with Crippen LogP contribution in [0, 0.1) is 0 Å². The van der Waals surface area contributed by atoms with Gasteiger partial charge in [0.25, 0.3) is 0 Å². The first kappa shape index (κ1) is 14.3. The molecule has 1 aromatic carbocycles. The first-order chi connectivity index (χ1) is 9.49. The standard InChI is InChI=1S/C15H18N2O3/c1-3-15(2,9-18)17-13-11-7-5-4-6-10(11)8-12(16-13)14(19)20/h4-8,18H,3,9H2,1-2H3,(H,16,17)(H,19,20). The van der Waals surface area contributed by atoms with E-state index in [9.17, 15) is 9.90 Å². The highest BCUT2D eigenvalue weighted by Gasteiger charge is 2.22. The van der Waals surface area contributed by atoms with Crippen LogP contribution in [0.4, 0.5) is 5.82 Å². The van der Waals surface area contributed by atoms with Gasteiger partial charge in [-0.25, -0.2) is 9.78 Å². The second-order valence-corrected chi connectivity index (χ2v) is 5.08. The van der Waals surface area contributed by atoms with E-state index in [0.29, 0.717) is 12.2 Å². The van der Waals surface area contributed by atoms with Crippen LogP contribution in [0.25, 0.3) is 10.8 Å². The lowest BCUT2D eigenvalue weighted by Gasteiger charge is -2.28. The molecule has 2 rings (SSSR count). The predicted octanol–water partition coefficient (Wildman–Crippen LogP) is 2.51. The molecule has 0 amide bonds. The largest absolute Gasteiger partial charge is 0.477 e. The summed E-state index contributed by atoms with van der Waals surface area (Å²) >= 11 is 0. The molecule has 1 unspecified atom stereocenters. The smallest absolute Gasteiger partial charge is 0.354 e. The van der Waals surface area contributed by atoms with Gasteiger partial charge in [-0.3, -0.25) is 0 Å². The Labute approximate surface area is 117 Å². The Bertz CT molecular complexity index is 636. The molecule has 106 valence electrons. The van der Waals surface area contributed by atoms with Gasteiger partial charge in [0.05, 0.1) is 12.1 Å². The van der Waals surface area contributed by atoms with Crippen LogP contribution in [0.1, 0.15) is 30.8 Å². The summed E-state index contributed by atoms with van der Waals surface area (Å²) in [6, 6.07) is 8.99. The van der Waals surface area contributed by atoms with E-state index >= 15 is 0 Å². The molecule has 0 saturated heterocycles. The van der Waals surface area contributed by atoms with Crippen molar-refractivity contribution in [2.24, 2.45) is 0 Å². The van der Waals surface area contributed by atoms with Gasteiger partial charge in [-0.05, 0) is 24.8 Å². The molecular formula is C15H18N2O3. The third kappa shape index (κ3) is 2.72. The summed E-state index contributed by atoms with van der Waals surface area (Å²) in [7, 11) is 0. The van der Waals surface area contributed by atoms with Crippen LogP contribution >= 0.6 is 0 Å². The van der Waals surface area contributed by atoms with Crippen molar-refractivity contribution in [2.45, 2.75) is 25.8 Å². The van der Waals surface area contributed by atoms with Gasteiger partial charge < -0.3 is 15.5 Å². The number of nitrogens with one attached hydrogen (secondary N) is 1. The number of aromatic nitrogens is 1. The topological polar surface area (TPSA) is 82.5 Å². The normalized spacial score (nSPS) is 13.9. The Morgan fingerprint density at radius 1 is 1.40 bits per heavy atom. The number of aliphatic hydroxyl groups excluding tert-OH is 1. The van der Waals surface area contributed by atoms with Gasteiger partial charge in [-0.1, -0.05) is 31.2 Å². The van der Waals surface area contributed by atoms with E-state index in [-0.39, 0.29) is 12.3 Å². The fraction of sp³-hybridized carbons (Fsp3) is 0.333. The Morgan fingerprint density at radius 2 is 2.10 bits per heavy atom. The molecule has 1 atom stereocenters. The summed E-state index contributed by atoms with van der Waals surface area (Å²) in [5.74, 6) is -0.583. The number of pyridine rings is 1. The zero-order valence-corrected chi connectivity index (χ0v) is 11.6. The number of benzene rings is 1. The minimum absolute atomic E-state index is 0.0115. The van der Waals surface area contributed by atoms with Crippen molar-refractivity contribution in [3.05, 3.63) is 36.0 Å². The number of fused-ring (bicyclic) bond motifs is 1. The molecule has 3 N–H and O–H groups in total. The van der Waals surface area contributed by atoms with E-state index in [2.05, 4.69) is 10.3 Å². The quantitative estimate of drug-likeness (QED) is 0.780. The summed E-state index contributed by atoms with van der Waals surface area (Å²) in [4.78, 5) is 15.3. The van der Waals surface area contributed by atoms with E-state index < -0.39 is 11.5 Å². The summed E-state index contributed by atoms with van der Waals surface area (Å²) in [6.07, 6.45) is 0.691. The van der Waals surface area contributed by atoms with Crippen LogP contribution in [0.5, 0.6) is 0 Å². The van der Waals surface area contributed by atoms with Crippen LogP contribution in [-0.4, -0.2) is 33.3 Å². The number of rotatable bonds is 5. The Kier molecular flexibility index (Phi) is 3.90. The maximum atomic E-state index is 11.2. The number of hydrogen-bond donors (Lipinski definition) is 3. The number of carbonyl (C=O) groups is 1. The number of carboxylic acids is 1. The summed E-state index contributed by atoms with van der Waals surface area (Å²) < 4.78 is 0. The molecule has 0 aliphatic carbocycles. The average molecular weight is 274 g/mol. The third-order valence-electron chi connectivity index (χ3n) is 3.51. The maximum absolute atomic E-state index is 11.2. The van der Waals surface area contributed by atoms with Crippen molar-refractivity contribution >= 4 is 22.6 Å². The second-order valence-electron chi connectivity index (χ2n) is 5.08. The zero-order valence-electron chi connectivity index (χ0n) is 11.6. The summed E-state index contributed by atoms with van der Waals surface area (Å²) in [5.41, 5.74) is -0.546. The highest BCUT2D eigenvalue weighted by Crippen LogP contribution is 2.26. The number of carboxylic acid groups (broad SMARTS) is 1.